The van der Waals surface area contributed by atoms with Gasteiger partial charge < -0.3 is 10.1 Å². The van der Waals surface area contributed by atoms with Crippen LogP contribution in [0.5, 0.6) is 0 Å². The lowest BCUT2D eigenvalue weighted by Gasteiger charge is -2.15. The van der Waals surface area contributed by atoms with Gasteiger partial charge >= 0.3 is 6.18 Å². The lowest BCUT2D eigenvalue weighted by Crippen LogP contribution is -2.33. The zero-order valence-electron chi connectivity index (χ0n) is 12.0. The molecule has 1 aromatic rings. The molecular formula is C15H18F3NO2. The second kappa shape index (κ2) is 6.05. The van der Waals surface area contributed by atoms with E-state index in [1.54, 1.807) is 6.92 Å². The number of nitrogens with one attached hydrogen (secondary N) is 1. The number of alkyl halides is 3. The van der Waals surface area contributed by atoms with Crippen molar-refractivity contribution in [2.75, 3.05) is 6.61 Å². The Morgan fingerprint density at radius 3 is 2.67 bits per heavy atom. The minimum absolute atomic E-state index is 0.112. The second-order valence-electron chi connectivity index (χ2n) is 5.33. The van der Waals surface area contributed by atoms with Gasteiger partial charge in [-0.05, 0) is 43.5 Å². The summed E-state index contributed by atoms with van der Waals surface area (Å²) in [5.41, 5.74) is 0.525. The van der Waals surface area contributed by atoms with Crippen LogP contribution in [0, 0.1) is 12.8 Å². The molecule has 0 aromatic heterocycles. The van der Waals surface area contributed by atoms with Crippen LogP contribution < -0.4 is 5.32 Å². The van der Waals surface area contributed by atoms with Crippen molar-refractivity contribution in [2.24, 2.45) is 5.92 Å². The first-order valence-electron chi connectivity index (χ1n) is 6.85. The van der Waals surface area contributed by atoms with Crippen LogP contribution in [0.3, 0.4) is 0 Å². The van der Waals surface area contributed by atoms with Gasteiger partial charge in [-0.3, -0.25) is 4.79 Å². The number of carbonyl (C=O) groups is 1. The number of rotatable bonds is 3. The van der Waals surface area contributed by atoms with Crippen molar-refractivity contribution < 1.29 is 22.7 Å². The van der Waals surface area contributed by atoms with Gasteiger partial charge in [0.1, 0.15) is 0 Å². The largest absolute Gasteiger partial charge is 0.416 e. The molecule has 21 heavy (non-hydrogen) atoms. The summed E-state index contributed by atoms with van der Waals surface area (Å²) in [7, 11) is 0. The molecular weight excluding hydrogens is 283 g/mol. The van der Waals surface area contributed by atoms with Crippen LogP contribution in [0.25, 0.3) is 0 Å². The van der Waals surface area contributed by atoms with Crippen LogP contribution >= 0.6 is 0 Å². The minimum atomic E-state index is -4.34. The maximum Gasteiger partial charge on any atom is 0.416 e. The summed E-state index contributed by atoms with van der Waals surface area (Å²) in [6.45, 7) is 4.25. The van der Waals surface area contributed by atoms with Crippen LogP contribution in [0.1, 0.15) is 30.0 Å². The van der Waals surface area contributed by atoms with Gasteiger partial charge in [-0.1, -0.05) is 6.07 Å². The van der Waals surface area contributed by atoms with Gasteiger partial charge in [0.15, 0.2) is 0 Å². The average molecular weight is 301 g/mol. The molecule has 1 fully saturated rings. The third-order valence-corrected chi connectivity index (χ3v) is 3.84. The molecule has 1 aliphatic heterocycles. The number of benzene rings is 1. The van der Waals surface area contributed by atoms with E-state index < -0.39 is 11.7 Å². The SMILES string of the molecule is Cc1cc(C(F)(F)F)ccc1CNC(=O)[C@H]1CCO[C@@H]1C. The van der Waals surface area contributed by atoms with Gasteiger partial charge in [-0.25, -0.2) is 0 Å². The van der Waals surface area contributed by atoms with Crippen molar-refractivity contribution in [3.63, 3.8) is 0 Å². The fourth-order valence-corrected chi connectivity index (χ4v) is 2.46. The van der Waals surface area contributed by atoms with E-state index >= 15 is 0 Å². The Labute approximate surface area is 121 Å². The Morgan fingerprint density at radius 1 is 1.43 bits per heavy atom. The normalized spacial score (nSPS) is 22.3. The van der Waals surface area contributed by atoms with Gasteiger partial charge in [0.05, 0.1) is 17.6 Å². The molecule has 0 spiro atoms. The van der Waals surface area contributed by atoms with E-state index in [4.69, 9.17) is 4.74 Å². The van der Waals surface area contributed by atoms with Gasteiger partial charge in [-0.15, -0.1) is 0 Å². The molecule has 1 saturated heterocycles. The van der Waals surface area contributed by atoms with Crippen molar-refractivity contribution in [1.82, 2.24) is 5.32 Å². The fourth-order valence-electron chi connectivity index (χ4n) is 2.46. The monoisotopic (exact) mass is 301 g/mol. The molecule has 0 aliphatic carbocycles. The molecule has 1 amide bonds. The standard InChI is InChI=1S/C15H18F3NO2/c1-9-7-12(15(16,17)18)4-3-11(9)8-19-14(20)13-5-6-21-10(13)2/h3-4,7,10,13H,5-6,8H2,1-2H3,(H,19,20)/t10-,13+/m1/s1. The number of aryl methyl sites for hydroxylation is 1. The molecule has 0 bridgehead atoms. The molecule has 1 aromatic carbocycles. The smallest absolute Gasteiger partial charge is 0.378 e. The summed E-state index contributed by atoms with van der Waals surface area (Å²) in [5, 5.41) is 2.77. The molecule has 0 unspecified atom stereocenters. The second-order valence-corrected chi connectivity index (χ2v) is 5.33. The molecule has 1 N–H and O–H groups in total. The zero-order chi connectivity index (χ0) is 15.6. The summed E-state index contributed by atoms with van der Waals surface area (Å²) in [5.74, 6) is -0.293. The van der Waals surface area contributed by atoms with Gasteiger partial charge in [0, 0.05) is 13.2 Å². The minimum Gasteiger partial charge on any atom is -0.378 e. The third kappa shape index (κ3) is 3.75. The Morgan fingerprint density at radius 2 is 2.14 bits per heavy atom. The molecule has 2 atom stereocenters. The Bertz CT molecular complexity index is 528. The number of hydrogen-bond acceptors (Lipinski definition) is 2. The van der Waals surface area contributed by atoms with Crippen LogP contribution in [-0.2, 0) is 22.3 Å². The molecule has 2 rings (SSSR count). The summed E-state index contributed by atoms with van der Waals surface area (Å²) in [6.07, 6.45) is -3.78. The zero-order valence-corrected chi connectivity index (χ0v) is 12.0. The fraction of sp³-hybridized carbons (Fsp3) is 0.533. The van der Waals surface area contributed by atoms with Crippen LogP contribution in [0.4, 0.5) is 13.2 Å². The van der Waals surface area contributed by atoms with Crippen molar-refractivity contribution >= 4 is 5.91 Å². The van der Waals surface area contributed by atoms with Gasteiger partial charge in [-0.2, -0.15) is 13.2 Å². The maximum atomic E-state index is 12.6. The number of halogens is 3. The first-order chi connectivity index (χ1) is 9.79. The maximum absolute atomic E-state index is 12.6. The van der Waals surface area contributed by atoms with Crippen molar-refractivity contribution in [3.8, 4) is 0 Å². The van der Waals surface area contributed by atoms with Gasteiger partial charge in [0.25, 0.3) is 0 Å². The van der Waals surface area contributed by atoms with Gasteiger partial charge in [0.2, 0.25) is 5.91 Å². The highest BCUT2D eigenvalue weighted by molar-refractivity contribution is 5.79. The highest BCUT2D eigenvalue weighted by Gasteiger charge is 2.31. The molecule has 6 heteroatoms. The number of amides is 1. The summed E-state index contributed by atoms with van der Waals surface area (Å²) in [6, 6.07) is 3.55. The number of carbonyl (C=O) groups excluding carboxylic acids is 1. The summed E-state index contributed by atoms with van der Waals surface area (Å²) in [4.78, 5) is 12.0. The van der Waals surface area contributed by atoms with E-state index in [-0.39, 0.29) is 24.5 Å². The summed E-state index contributed by atoms with van der Waals surface area (Å²) >= 11 is 0. The summed E-state index contributed by atoms with van der Waals surface area (Å²) < 4.78 is 43.1. The Hall–Kier alpha value is -1.56. The predicted molar refractivity (Wildman–Crippen MR) is 71.5 cm³/mol. The van der Waals surface area contributed by atoms with E-state index in [9.17, 15) is 18.0 Å². The van der Waals surface area contributed by atoms with Crippen LogP contribution in [0.15, 0.2) is 18.2 Å². The van der Waals surface area contributed by atoms with Crippen LogP contribution in [0.2, 0.25) is 0 Å². The first-order valence-corrected chi connectivity index (χ1v) is 6.85. The van der Waals surface area contributed by atoms with E-state index in [1.165, 1.54) is 6.07 Å². The molecule has 1 heterocycles. The van der Waals surface area contributed by atoms with E-state index in [0.29, 0.717) is 24.2 Å². The molecule has 1 aliphatic rings. The molecule has 0 radical (unpaired) electrons. The highest BCUT2D eigenvalue weighted by Crippen LogP contribution is 2.30. The lowest BCUT2D eigenvalue weighted by atomic mass is 10.0. The lowest BCUT2D eigenvalue weighted by molar-refractivity contribution is -0.137. The van der Waals surface area contributed by atoms with E-state index in [1.807, 2.05) is 6.92 Å². The predicted octanol–water partition coefficient (Wildman–Crippen LogP) is 3.06. The topological polar surface area (TPSA) is 38.3 Å². The first kappa shape index (κ1) is 15.8. The molecule has 0 saturated carbocycles. The average Bonchev–Trinajstić information content (AvgIpc) is 2.82. The van der Waals surface area contributed by atoms with E-state index in [0.717, 1.165) is 12.1 Å². The molecule has 116 valence electrons. The quantitative estimate of drug-likeness (QED) is 0.932. The van der Waals surface area contributed by atoms with Crippen molar-refractivity contribution in [3.05, 3.63) is 34.9 Å². The Kier molecular flexibility index (Phi) is 4.56. The third-order valence-electron chi connectivity index (χ3n) is 3.84. The van der Waals surface area contributed by atoms with Crippen molar-refractivity contribution in [2.45, 2.75) is 39.1 Å². The number of ether oxygens (including phenoxy) is 1. The number of hydrogen-bond donors (Lipinski definition) is 1. The van der Waals surface area contributed by atoms with Crippen molar-refractivity contribution in [1.29, 1.82) is 0 Å². The van der Waals surface area contributed by atoms with Crippen LogP contribution in [-0.4, -0.2) is 18.6 Å². The Balaban J connectivity index is 1.99. The highest BCUT2D eigenvalue weighted by atomic mass is 19.4. The van der Waals surface area contributed by atoms with E-state index in [2.05, 4.69) is 5.32 Å². The molecule has 3 nitrogen and oxygen atoms in total.